The standard InChI is InChI=1S/C18H20INO2/c1-3-10-22-16-7-5-6-14(12-16)18(21)20-17-9-8-15(19)11-13(17)4-2/h5-9,11-12H,3-4,10H2,1-2H3,(H,20,21). The van der Waals surface area contributed by atoms with Crippen molar-refractivity contribution < 1.29 is 9.53 Å². The largest absolute Gasteiger partial charge is 0.494 e. The van der Waals surface area contributed by atoms with Gasteiger partial charge in [-0.3, -0.25) is 4.79 Å². The Morgan fingerprint density at radius 3 is 2.73 bits per heavy atom. The summed E-state index contributed by atoms with van der Waals surface area (Å²) in [5.41, 5.74) is 2.61. The van der Waals surface area contributed by atoms with Gasteiger partial charge in [0.2, 0.25) is 0 Å². The van der Waals surface area contributed by atoms with Crippen molar-refractivity contribution in [2.75, 3.05) is 11.9 Å². The van der Waals surface area contributed by atoms with Gasteiger partial charge in [-0.25, -0.2) is 0 Å². The Morgan fingerprint density at radius 1 is 1.18 bits per heavy atom. The molecular weight excluding hydrogens is 389 g/mol. The lowest BCUT2D eigenvalue weighted by Crippen LogP contribution is -2.13. The average Bonchev–Trinajstić information content (AvgIpc) is 2.54. The Morgan fingerprint density at radius 2 is 2.00 bits per heavy atom. The third-order valence-electron chi connectivity index (χ3n) is 3.27. The van der Waals surface area contributed by atoms with Gasteiger partial charge in [0.05, 0.1) is 6.61 Å². The van der Waals surface area contributed by atoms with Crippen molar-refractivity contribution in [3.63, 3.8) is 0 Å². The maximum atomic E-state index is 12.4. The number of halogens is 1. The van der Waals surface area contributed by atoms with Gasteiger partial charge in [-0.2, -0.15) is 0 Å². The topological polar surface area (TPSA) is 38.3 Å². The summed E-state index contributed by atoms with van der Waals surface area (Å²) in [6.45, 7) is 4.79. The Labute approximate surface area is 145 Å². The molecule has 2 aromatic carbocycles. The molecule has 0 aliphatic heterocycles. The highest BCUT2D eigenvalue weighted by molar-refractivity contribution is 14.1. The lowest BCUT2D eigenvalue weighted by atomic mass is 10.1. The maximum Gasteiger partial charge on any atom is 0.255 e. The molecule has 0 unspecified atom stereocenters. The van der Waals surface area contributed by atoms with Gasteiger partial charge in [0.15, 0.2) is 0 Å². The molecule has 116 valence electrons. The van der Waals surface area contributed by atoms with E-state index in [1.165, 1.54) is 3.57 Å². The van der Waals surface area contributed by atoms with Crippen LogP contribution in [0.2, 0.25) is 0 Å². The Hall–Kier alpha value is -1.56. The zero-order chi connectivity index (χ0) is 15.9. The van der Waals surface area contributed by atoms with Crippen LogP contribution in [0.3, 0.4) is 0 Å². The van der Waals surface area contributed by atoms with Crippen LogP contribution < -0.4 is 10.1 Å². The normalized spacial score (nSPS) is 10.3. The van der Waals surface area contributed by atoms with Crippen LogP contribution in [0.4, 0.5) is 5.69 Å². The van der Waals surface area contributed by atoms with Gasteiger partial charge in [-0.1, -0.05) is 19.9 Å². The first-order chi connectivity index (χ1) is 10.6. The summed E-state index contributed by atoms with van der Waals surface area (Å²) in [6.07, 6.45) is 1.82. The predicted octanol–water partition coefficient (Wildman–Crippen LogP) is 4.89. The van der Waals surface area contributed by atoms with Crippen molar-refractivity contribution in [3.8, 4) is 5.75 Å². The molecule has 1 amide bonds. The number of aryl methyl sites for hydroxylation is 1. The first-order valence-corrected chi connectivity index (χ1v) is 8.54. The van der Waals surface area contributed by atoms with Crippen LogP contribution in [-0.2, 0) is 6.42 Å². The number of carbonyl (C=O) groups is 1. The number of amides is 1. The number of carbonyl (C=O) groups excluding carboxylic acids is 1. The molecule has 22 heavy (non-hydrogen) atoms. The van der Waals surface area contributed by atoms with Crippen molar-refractivity contribution in [1.82, 2.24) is 0 Å². The zero-order valence-electron chi connectivity index (χ0n) is 12.9. The first-order valence-electron chi connectivity index (χ1n) is 7.46. The second-order valence-corrected chi connectivity index (χ2v) is 6.23. The molecule has 0 atom stereocenters. The van der Waals surface area contributed by atoms with Crippen LogP contribution >= 0.6 is 22.6 Å². The SMILES string of the molecule is CCCOc1cccc(C(=O)Nc2ccc(I)cc2CC)c1. The second-order valence-electron chi connectivity index (χ2n) is 4.99. The van der Waals surface area contributed by atoms with Crippen molar-refractivity contribution in [1.29, 1.82) is 0 Å². The minimum Gasteiger partial charge on any atom is -0.494 e. The molecule has 0 bridgehead atoms. The van der Waals surface area contributed by atoms with Crippen LogP contribution in [0.5, 0.6) is 5.75 Å². The van der Waals surface area contributed by atoms with Crippen molar-refractivity contribution >= 4 is 34.2 Å². The lowest BCUT2D eigenvalue weighted by molar-refractivity contribution is 0.102. The average molecular weight is 409 g/mol. The lowest BCUT2D eigenvalue weighted by Gasteiger charge is -2.11. The molecule has 0 aliphatic rings. The van der Waals surface area contributed by atoms with Gasteiger partial charge in [0.25, 0.3) is 5.91 Å². The number of hydrogen-bond donors (Lipinski definition) is 1. The molecule has 1 N–H and O–H groups in total. The minimum absolute atomic E-state index is 0.113. The van der Waals surface area contributed by atoms with Gasteiger partial charge in [0, 0.05) is 14.8 Å². The Balaban J connectivity index is 2.15. The van der Waals surface area contributed by atoms with E-state index in [0.717, 1.165) is 29.8 Å². The number of rotatable bonds is 6. The van der Waals surface area contributed by atoms with E-state index in [1.807, 2.05) is 24.3 Å². The maximum absolute atomic E-state index is 12.4. The molecule has 3 nitrogen and oxygen atoms in total. The molecular formula is C18H20INO2. The van der Waals surface area contributed by atoms with E-state index in [0.29, 0.717) is 12.2 Å². The van der Waals surface area contributed by atoms with Gasteiger partial charge >= 0.3 is 0 Å². The van der Waals surface area contributed by atoms with E-state index in [9.17, 15) is 4.79 Å². The van der Waals surface area contributed by atoms with E-state index in [2.05, 4.69) is 47.8 Å². The third-order valence-corrected chi connectivity index (χ3v) is 3.94. The van der Waals surface area contributed by atoms with Crippen molar-refractivity contribution in [3.05, 3.63) is 57.2 Å². The molecule has 4 heteroatoms. The fraction of sp³-hybridized carbons (Fsp3) is 0.278. The number of hydrogen-bond acceptors (Lipinski definition) is 2. The fourth-order valence-electron chi connectivity index (χ4n) is 2.12. The van der Waals surface area contributed by atoms with Crippen LogP contribution in [0, 0.1) is 3.57 Å². The van der Waals surface area contributed by atoms with Crippen LogP contribution in [0.25, 0.3) is 0 Å². The summed E-state index contributed by atoms with van der Waals surface area (Å²) in [6, 6.07) is 13.3. The second kappa shape index (κ2) is 8.17. The molecule has 0 radical (unpaired) electrons. The van der Waals surface area contributed by atoms with E-state index in [4.69, 9.17) is 4.74 Å². The van der Waals surface area contributed by atoms with E-state index >= 15 is 0 Å². The monoisotopic (exact) mass is 409 g/mol. The molecule has 0 saturated heterocycles. The molecule has 0 spiro atoms. The summed E-state index contributed by atoms with van der Waals surface area (Å²) in [5, 5.41) is 2.99. The Bertz CT molecular complexity index is 655. The Kier molecular flexibility index (Phi) is 6.24. The number of nitrogens with one attached hydrogen (secondary N) is 1. The third kappa shape index (κ3) is 4.47. The van der Waals surface area contributed by atoms with E-state index in [1.54, 1.807) is 12.1 Å². The van der Waals surface area contributed by atoms with Gasteiger partial charge in [-0.05, 0) is 77.4 Å². The van der Waals surface area contributed by atoms with Gasteiger partial charge < -0.3 is 10.1 Å². The predicted molar refractivity (Wildman–Crippen MR) is 98.7 cm³/mol. The smallest absolute Gasteiger partial charge is 0.255 e. The molecule has 0 aromatic heterocycles. The highest BCUT2D eigenvalue weighted by Gasteiger charge is 2.10. The zero-order valence-corrected chi connectivity index (χ0v) is 15.0. The summed E-state index contributed by atoms with van der Waals surface area (Å²) >= 11 is 2.28. The summed E-state index contributed by atoms with van der Waals surface area (Å²) < 4.78 is 6.74. The summed E-state index contributed by atoms with van der Waals surface area (Å²) in [4.78, 5) is 12.4. The number of anilines is 1. The van der Waals surface area contributed by atoms with Crippen molar-refractivity contribution in [2.45, 2.75) is 26.7 Å². The van der Waals surface area contributed by atoms with E-state index < -0.39 is 0 Å². The molecule has 0 saturated carbocycles. The van der Waals surface area contributed by atoms with Gasteiger partial charge in [0.1, 0.15) is 5.75 Å². The number of ether oxygens (including phenoxy) is 1. The van der Waals surface area contributed by atoms with E-state index in [-0.39, 0.29) is 5.91 Å². The molecule has 2 rings (SSSR count). The highest BCUT2D eigenvalue weighted by atomic mass is 127. The molecule has 0 aliphatic carbocycles. The molecule has 0 heterocycles. The molecule has 0 fully saturated rings. The molecule has 2 aromatic rings. The van der Waals surface area contributed by atoms with Crippen LogP contribution in [0.1, 0.15) is 36.2 Å². The highest BCUT2D eigenvalue weighted by Crippen LogP contribution is 2.21. The summed E-state index contributed by atoms with van der Waals surface area (Å²) in [5.74, 6) is 0.616. The minimum atomic E-state index is -0.113. The number of benzene rings is 2. The van der Waals surface area contributed by atoms with Crippen molar-refractivity contribution in [2.24, 2.45) is 0 Å². The fourth-order valence-corrected chi connectivity index (χ4v) is 2.67. The van der Waals surface area contributed by atoms with Crippen LogP contribution in [-0.4, -0.2) is 12.5 Å². The quantitative estimate of drug-likeness (QED) is 0.690. The first kappa shape index (κ1) is 16.8. The van der Waals surface area contributed by atoms with Crippen LogP contribution in [0.15, 0.2) is 42.5 Å². The summed E-state index contributed by atoms with van der Waals surface area (Å²) in [7, 11) is 0. The van der Waals surface area contributed by atoms with Gasteiger partial charge in [-0.15, -0.1) is 0 Å².